The molecule has 0 aliphatic carbocycles. The molecule has 0 unspecified atom stereocenters. The molecule has 0 saturated carbocycles. The summed E-state index contributed by atoms with van der Waals surface area (Å²) in [6.45, 7) is 8.33. The van der Waals surface area contributed by atoms with Gasteiger partial charge in [-0.3, -0.25) is 0 Å². The van der Waals surface area contributed by atoms with Crippen LogP contribution in [0.3, 0.4) is 0 Å². The van der Waals surface area contributed by atoms with Crippen LogP contribution in [0, 0.1) is 0 Å². The van der Waals surface area contributed by atoms with Crippen molar-refractivity contribution in [2.24, 2.45) is 0 Å². The number of pyridine rings is 1. The number of halogens is 1. The van der Waals surface area contributed by atoms with Gasteiger partial charge in [0.25, 0.3) is 0 Å². The Bertz CT molecular complexity index is 402. The third-order valence-electron chi connectivity index (χ3n) is 3.50. The van der Waals surface area contributed by atoms with E-state index in [0.29, 0.717) is 0 Å². The summed E-state index contributed by atoms with van der Waals surface area (Å²) in [5.74, 6) is 1.92. The molecule has 4 nitrogen and oxygen atoms in total. The second kappa shape index (κ2) is 8.47. The summed E-state index contributed by atoms with van der Waals surface area (Å²) in [6.07, 6.45) is 4.05. The molecule has 0 radical (unpaired) electrons. The van der Waals surface area contributed by atoms with Gasteiger partial charge < -0.3 is 14.5 Å². The van der Waals surface area contributed by atoms with Gasteiger partial charge in [0, 0.05) is 37.7 Å². The maximum atomic E-state index is 5.83. The lowest BCUT2D eigenvalue weighted by atomic mass is 10.3. The fourth-order valence-corrected chi connectivity index (χ4v) is 2.97. The van der Waals surface area contributed by atoms with Crippen molar-refractivity contribution in [3.8, 4) is 5.75 Å². The van der Waals surface area contributed by atoms with E-state index in [2.05, 4.69) is 37.6 Å². The Labute approximate surface area is 130 Å². The molecule has 0 amide bonds. The minimum atomic E-state index is 0.752. The van der Waals surface area contributed by atoms with Crippen molar-refractivity contribution >= 4 is 21.7 Å². The molecule has 1 saturated heterocycles. The summed E-state index contributed by atoms with van der Waals surface area (Å²) in [5, 5.41) is 1.04. The van der Waals surface area contributed by atoms with Crippen LogP contribution in [-0.4, -0.2) is 54.5 Å². The van der Waals surface area contributed by atoms with Gasteiger partial charge in [0.15, 0.2) is 11.6 Å². The van der Waals surface area contributed by atoms with Gasteiger partial charge in [0.05, 0.1) is 6.61 Å². The van der Waals surface area contributed by atoms with Crippen LogP contribution < -0.4 is 9.64 Å². The number of hydrogen-bond acceptors (Lipinski definition) is 4. The van der Waals surface area contributed by atoms with Crippen LogP contribution in [0.2, 0.25) is 0 Å². The van der Waals surface area contributed by atoms with Crippen LogP contribution in [0.15, 0.2) is 18.3 Å². The highest BCUT2D eigenvalue weighted by Gasteiger charge is 2.18. The van der Waals surface area contributed by atoms with Gasteiger partial charge in [-0.05, 0) is 31.5 Å². The topological polar surface area (TPSA) is 28.6 Å². The highest BCUT2D eigenvalue weighted by molar-refractivity contribution is 9.09. The predicted molar refractivity (Wildman–Crippen MR) is 87.1 cm³/mol. The zero-order chi connectivity index (χ0) is 14.2. The van der Waals surface area contributed by atoms with Crippen LogP contribution >= 0.6 is 15.9 Å². The van der Waals surface area contributed by atoms with Crippen LogP contribution in [0.4, 0.5) is 5.82 Å². The largest absolute Gasteiger partial charge is 0.490 e. The molecule has 1 aromatic heterocycles. The third-order valence-corrected chi connectivity index (χ3v) is 3.86. The van der Waals surface area contributed by atoms with E-state index < -0.39 is 0 Å². The van der Waals surface area contributed by atoms with Crippen molar-refractivity contribution < 1.29 is 4.74 Å². The number of nitrogens with zero attached hydrogens (tertiary/aromatic N) is 3. The van der Waals surface area contributed by atoms with E-state index in [1.54, 1.807) is 0 Å². The van der Waals surface area contributed by atoms with E-state index in [-0.39, 0.29) is 0 Å². The van der Waals surface area contributed by atoms with Crippen LogP contribution in [-0.2, 0) is 0 Å². The minimum absolute atomic E-state index is 0.752. The lowest BCUT2D eigenvalue weighted by Crippen LogP contribution is -2.32. The van der Waals surface area contributed by atoms with Crippen LogP contribution in [0.1, 0.15) is 19.8 Å². The zero-order valence-corrected chi connectivity index (χ0v) is 13.8. The van der Waals surface area contributed by atoms with Gasteiger partial charge in [-0.15, -0.1) is 0 Å². The van der Waals surface area contributed by atoms with Crippen molar-refractivity contribution in [2.75, 3.05) is 49.6 Å². The summed E-state index contributed by atoms with van der Waals surface area (Å²) in [7, 11) is 0. The van der Waals surface area contributed by atoms with E-state index >= 15 is 0 Å². The first-order chi connectivity index (χ1) is 9.85. The number of rotatable bonds is 6. The minimum Gasteiger partial charge on any atom is -0.490 e. The molecule has 1 aliphatic heterocycles. The van der Waals surface area contributed by atoms with Gasteiger partial charge in [-0.1, -0.05) is 22.9 Å². The fraction of sp³-hybridized carbons (Fsp3) is 0.667. The monoisotopic (exact) mass is 341 g/mol. The number of ether oxygens (including phenoxy) is 1. The van der Waals surface area contributed by atoms with E-state index in [1.165, 1.54) is 13.0 Å². The smallest absolute Gasteiger partial charge is 0.171 e. The summed E-state index contributed by atoms with van der Waals surface area (Å²) < 4.78 is 5.83. The maximum absolute atomic E-state index is 5.83. The Hall–Kier alpha value is -0.810. The first kappa shape index (κ1) is 15.6. The molecule has 1 fully saturated rings. The molecule has 2 heterocycles. The van der Waals surface area contributed by atoms with E-state index in [9.17, 15) is 0 Å². The van der Waals surface area contributed by atoms with E-state index in [4.69, 9.17) is 4.74 Å². The molecule has 0 bridgehead atoms. The lowest BCUT2D eigenvalue weighted by Gasteiger charge is -2.24. The van der Waals surface area contributed by atoms with Gasteiger partial charge in [-0.2, -0.15) is 0 Å². The lowest BCUT2D eigenvalue weighted by molar-refractivity contribution is 0.311. The van der Waals surface area contributed by atoms with Crippen LogP contribution in [0.5, 0.6) is 5.75 Å². The van der Waals surface area contributed by atoms with Crippen molar-refractivity contribution in [1.82, 2.24) is 9.88 Å². The normalized spacial score (nSPS) is 17.0. The molecule has 20 heavy (non-hydrogen) atoms. The highest BCUT2D eigenvalue weighted by Crippen LogP contribution is 2.26. The molecule has 5 heteroatoms. The Kier molecular flexibility index (Phi) is 6.60. The molecule has 0 spiro atoms. The first-order valence-corrected chi connectivity index (χ1v) is 8.58. The van der Waals surface area contributed by atoms with Crippen molar-refractivity contribution in [3.63, 3.8) is 0 Å². The Morgan fingerprint density at radius 1 is 1.30 bits per heavy atom. The zero-order valence-electron chi connectivity index (χ0n) is 12.2. The Morgan fingerprint density at radius 2 is 2.20 bits per heavy atom. The number of anilines is 1. The molecule has 2 rings (SSSR count). The summed E-state index contributed by atoms with van der Waals surface area (Å²) in [4.78, 5) is 9.41. The van der Waals surface area contributed by atoms with E-state index in [1.807, 2.05) is 18.3 Å². The second-order valence-corrected chi connectivity index (χ2v) is 5.84. The SMILES string of the molecule is CCCOc1cccnc1N1CCCN(CCBr)CC1. The summed E-state index contributed by atoms with van der Waals surface area (Å²) >= 11 is 3.52. The van der Waals surface area contributed by atoms with Gasteiger partial charge in [-0.25, -0.2) is 4.98 Å². The number of aromatic nitrogens is 1. The molecular weight excluding hydrogens is 318 g/mol. The van der Waals surface area contributed by atoms with Gasteiger partial charge in [0.2, 0.25) is 0 Å². The number of alkyl halides is 1. The van der Waals surface area contributed by atoms with Gasteiger partial charge in [0.1, 0.15) is 0 Å². The van der Waals surface area contributed by atoms with Crippen LogP contribution in [0.25, 0.3) is 0 Å². The first-order valence-electron chi connectivity index (χ1n) is 7.46. The standard InChI is InChI=1S/C15H24BrN3O/c1-2-13-20-14-5-3-7-17-15(14)19-9-4-8-18(10-6-16)11-12-19/h3,5,7H,2,4,6,8-13H2,1H3. The predicted octanol–water partition coefficient (Wildman–Crippen LogP) is 2.78. The Morgan fingerprint density at radius 3 is 3.00 bits per heavy atom. The molecule has 0 N–H and O–H groups in total. The van der Waals surface area contributed by atoms with Crippen molar-refractivity contribution in [3.05, 3.63) is 18.3 Å². The highest BCUT2D eigenvalue weighted by atomic mass is 79.9. The molecule has 0 aromatic carbocycles. The Balaban J connectivity index is 2.03. The average Bonchev–Trinajstić information content (AvgIpc) is 2.71. The average molecular weight is 342 g/mol. The summed E-state index contributed by atoms with van der Waals surface area (Å²) in [6, 6.07) is 3.97. The van der Waals surface area contributed by atoms with Gasteiger partial charge >= 0.3 is 0 Å². The summed E-state index contributed by atoms with van der Waals surface area (Å²) in [5.41, 5.74) is 0. The quantitative estimate of drug-likeness (QED) is 0.744. The second-order valence-electron chi connectivity index (χ2n) is 5.04. The maximum Gasteiger partial charge on any atom is 0.171 e. The molecule has 1 aliphatic rings. The fourth-order valence-electron chi connectivity index (χ4n) is 2.47. The molecular formula is C15H24BrN3O. The van der Waals surface area contributed by atoms with Crippen molar-refractivity contribution in [2.45, 2.75) is 19.8 Å². The number of hydrogen-bond donors (Lipinski definition) is 0. The molecule has 1 aromatic rings. The van der Waals surface area contributed by atoms with E-state index in [0.717, 1.165) is 56.1 Å². The third kappa shape index (κ3) is 4.35. The molecule has 0 atom stereocenters. The molecule has 112 valence electrons. The van der Waals surface area contributed by atoms with Crippen molar-refractivity contribution in [1.29, 1.82) is 0 Å².